The number of hydrogen-bond donors (Lipinski definition) is 2. The van der Waals surface area contributed by atoms with Crippen LogP contribution in [0.2, 0.25) is 0 Å². The zero-order valence-corrected chi connectivity index (χ0v) is 19.9. The molecule has 4 aromatic rings. The molecule has 0 unspecified atom stereocenters. The fourth-order valence-corrected chi connectivity index (χ4v) is 4.18. The normalized spacial score (nSPS) is 13.9. The highest BCUT2D eigenvalue weighted by Gasteiger charge is 2.16. The second kappa shape index (κ2) is 11.0. The Morgan fingerprint density at radius 1 is 0.971 bits per heavy atom. The van der Waals surface area contributed by atoms with Crippen molar-refractivity contribution in [1.82, 2.24) is 20.3 Å². The standard InChI is InChI=1S/C28H30N6O/c1-34(26-14-17-30-28(33-26)32-23-12-15-29-16-13-23)24-18-25(22-10-6-3-7-11-22)27(31-19-24)35-20-21-8-4-2-5-9-21/h2-11,14,17-19,23,29H,12-13,15-16,20H2,1H3,(H,30,32,33). The van der Waals surface area contributed by atoms with E-state index in [4.69, 9.17) is 14.7 Å². The molecular weight excluding hydrogens is 436 g/mol. The molecule has 1 aliphatic heterocycles. The number of ether oxygens (including phenoxy) is 1. The molecule has 2 N–H and O–H groups in total. The number of anilines is 3. The van der Waals surface area contributed by atoms with Gasteiger partial charge in [0, 0.05) is 24.8 Å². The predicted molar refractivity (Wildman–Crippen MR) is 140 cm³/mol. The maximum absolute atomic E-state index is 6.15. The summed E-state index contributed by atoms with van der Waals surface area (Å²) in [4.78, 5) is 15.9. The first kappa shape index (κ1) is 22.8. The fraction of sp³-hybridized carbons (Fsp3) is 0.250. The molecule has 1 saturated heterocycles. The molecule has 0 aliphatic carbocycles. The predicted octanol–water partition coefficient (Wildman–Crippen LogP) is 5.05. The van der Waals surface area contributed by atoms with Gasteiger partial charge in [-0.1, -0.05) is 60.7 Å². The zero-order chi connectivity index (χ0) is 23.9. The van der Waals surface area contributed by atoms with Gasteiger partial charge >= 0.3 is 0 Å². The highest BCUT2D eigenvalue weighted by atomic mass is 16.5. The Morgan fingerprint density at radius 3 is 2.49 bits per heavy atom. The van der Waals surface area contributed by atoms with Gasteiger partial charge in [-0.3, -0.25) is 0 Å². The molecule has 0 spiro atoms. The largest absolute Gasteiger partial charge is 0.472 e. The van der Waals surface area contributed by atoms with Gasteiger partial charge in [-0.25, -0.2) is 9.97 Å². The summed E-state index contributed by atoms with van der Waals surface area (Å²) in [5, 5.41) is 6.87. The van der Waals surface area contributed by atoms with Gasteiger partial charge in [-0.2, -0.15) is 4.98 Å². The SMILES string of the molecule is CN(c1cnc(OCc2ccccc2)c(-c2ccccc2)c1)c1ccnc(NC2CCNCC2)n1. The summed E-state index contributed by atoms with van der Waals surface area (Å²) in [5.74, 6) is 2.06. The van der Waals surface area contributed by atoms with Crippen LogP contribution in [0.25, 0.3) is 11.1 Å². The van der Waals surface area contributed by atoms with Crippen molar-refractivity contribution in [2.24, 2.45) is 0 Å². The Bertz CT molecular complexity index is 1230. The smallest absolute Gasteiger partial charge is 0.224 e. The second-order valence-corrected chi connectivity index (χ2v) is 8.65. The van der Waals surface area contributed by atoms with Crippen LogP contribution in [0.4, 0.5) is 17.5 Å². The Morgan fingerprint density at radius 2 is 1.71 bits per heavy atom. The van der Waals surface area contributed by atoms with Gasteiger partial charge in [0.25, 0.3) is 0 Å². The van der Waals surface area contributed by atoms with E-state index < -0.39 is 0 Å². The maximum atomic E-state index is 6.15. The third-order valence-electron chi connectivity index (χ3n) is 6.18. The van der Waals surface area contributed by atoms with Gasteiger partial charge in [0.2, 0.25) is 11.8 Å². The molecular formula is C28H30N6O. The van der Waals surface area contributed by atoms with Crippen LogP contribution in [-0.4, -0.2) is 41.1 Å². The highest BCUT2D eigenvalue weighted by molar-refractivity contribution is 5.74. The minimum Gasteiger partial charge on any atom is -0.472 e. The van der Waals surface area contributed by atoms with Crippen LogP contribution in [-0.2, 0) is 6.61 Å². The van der Waals surface area contributed by atoms with Crippen LogP contribution < -0.4 is 20.3 Å². The lowest BCUT2D eigenvalue weighted by atomic mass is 10.1. The fourth-order valence-electron chi connectivity index (χ4n) is 4.18. The van der Waals surface area contributed by atoms with E-state index in [2.05, 4.69) is 45.9 Å². The Hall–Kier alpha value is -3.97. The van der Waals surface area contributed by atoms with Gasteiger partial charge in [-0.05, 0) is 49.2 Å². The number of rotatable bonds is 8. The molecule has 0 amide bonds. The molecule has 7 heteroatoms. The quantitative estimate of drug-likeness (QED) is 0.376. The molecule has 7 nitrogen and oxygen atoms in total. The average Bonchev–Trinajstić information content (AvgIpc) is 2.93. The van der Waals surface area contributed by atoms with E-state index in [0.29, 0.717) is 24.5 Å². The molecule has 0 atom stereocenters. The Kier molecular flexibility index (Phi) is 7.15. The van der Waals surface area contributed by atoms with Gasteiger partial charge in [0.15, 0.2) is 0 Å². The van der Waals surface area contributed by atoms with E-state index in [9.17, 15) is 0 Å². The molecule has 2 aromatic heterocycles. The van der Waals surface area contributed by atoms with Crippen molar-refractivity contribution < 1.29 is 4.74 Å². The van der Waals surface area contributed by atoms with Gasteiger partial charge in [0.1, 0.15) is 12.4 Å². The van der Waals surface area contributed by atoms with E-state index in [1.54, 1.807) is 6.20 Å². The lowest BCUT2D eigenvalue weighted by Gasteiger charge is -2.24. The molecule has 0 radical (unpaired) electrons. The molecule has 0 saturated carbocycles. The number of piperidine rings is 1. The summed E-state index contributed by atoms with van der Waals surface area (Å²) < 4.78 is 6.15. The van der Waals surface area contributed by atoms with E-state index in [0.717, 1.165) is 54.1 Å². The van der Waals surface area contributed by atoms with Gasteiger partial charge in [-0.15, -0.1) is 0 Å². The zero-order valence-electron chi connectivity index (χ0n) is 19.9. The van der Waals surface area contributed by atoms with Gasteiger partial charge < -0.3 is 20.3 Å². The van der Waals surface area contributed by atoms with E-state index >= 15 is 0 Å². The number of hydrogen-bond acceptors (Lipinski definition) is 7. The summed E-state index contributed by atoms with van der Waals surface area (Å²) >= 11 is 0. The molecule has 1 aliphatic rings. The topological polar surface area (TPSA) is 75.2 Å². The first-order chi connectivity index (χ1) is 17.3. The van der Waals surface area contributed by atoms with Crippen molar-refractivity contribution in [2.75, 3.05) is 30.4 Å². The van der Waals surface area contributed by atoms with Crippen LogP contribution in [0.5, 0.6) is 5.88 Å². The molecule has 178 valence electrons. The summed E-state index contributed by atoms with van der Waals surface area (Å²) in [7, 11) is 1.99. The monoisotopic (exact) mass is 466 g/mol. The number of aromatic nitrogens is 3. The van der Waals surface area contributed by atoms with Crippen LogP contribution in [0.1, 0.15) is 18.4 Å². The van der Waals surface area contributed by atoms with Crippen LogP contribution in [0, 0.1) is 0 Å². The average molecular weight is 467 g/mol. The lowest BCUT2D eigenvalue weighted by Crippen LogP contribution is -2.35. The minimum atomic E-state index is 0.393. The van der Waals surface area contributed by atoms with Crippen molar-refractivity contribution in [1.29, 1.82) is 0 Å². The molecule has 0 bridgehead atoms. The third kappa shape index (κ3) is 5.75. The van der Waals surface area contributed by atoms with Crippen molar-refractivity contribution in [2.45, 2.75) is 25.5 Å². The number of nitrogens with zero attached hydrogens (tertiary/aromatic N) is 4. The highest BCUT2D eigenvalue weighted by Crippen LogP contribution is 2.33. The number of pyridine rings is 1. The van der Waals surface area contributed by atoms with Gasteiger partial charge in [0.05, 0.1) is 11.9 Å². The first-order valence-corrected chi connectivity index (χ1v) is 12.0. The van der Waals surface area contributed by atoms with E-state index in [1.807, 2.05) is 60.6 Å². The van der Waals surface area contributed by atoms with E-state index in [-0.39, 0.29) is 0 Å². The minimum absolute atomic E-state index is 0.393. The number of benzene rings is 2. The molecule has 2 aromatic carbocycles. The van der Waals surface area contributed by atoms with Crippen LogP contribution >= 0.6 is 0 Å². The van der Waals surface area contributed by atoms with Crippen molar-refractivity contribution in [3.63, 3.8) is 0 Å². The third-order valence-corrected chi connectivity index (χ3v) is 6.18. The first-order valence-electron chi connectivity index (χ1n) is 12.0. The Labute approximate surface area is 206 Å². The molecule has 3 heterocycles. The summed E-state index contributed by atoms with van der Waals surface area (Å²) in [6, 6.07) is 24.7. The number of nitrogens with one attached hydrogen (secondary N) is 2. The maximum Gasteiger partial charge on any atom is 0.224 e. The second-order valence-electron chi connectivity index (χ2n) is 8.65. The Balaban J connectivity index is 1.40. The van der Waals surface area contributed by atoms with Crippen molar-refractivity contribution in [3.05, 3.63) is 90.8 Å². The van der Waals surface area contributed by atoms with E-state index in [1.165, 1.54) is 0 Å². The molecule has 35 heavy (non-hydrogen) atoms. The van der Waals surface area contributed by atoms with Crippen molar-refractivity contribution >= 4 is 17.5 Å². The molecule has 5 rings (SSSR count). The summed E-state index contributed by atoms with van der Waals surface area (Å²) in [5.41, 5.74) is 4.01. The summed E-state index contributed by atoms with van der Waals surface area (Å²) in [6.07, 6.45) is 5.76. The molecule has 1 fully saturated rings. The van der Waals surface area contributed by atoms with Crippen LogP contribution in [0.3, 0.4) is 0 Å². The lowest BCUT2D eigenvalue weighted by molar-refractivity contribution is 0.295. The van der Waals surface area contributed by atoms with Crippen LogP contribution in [0.15, 0.2) is 85.2 Å². The van der Waals surface area contributed by atoms with Crippen molar-refractivity contribution in [3.8, 4) is 17.0 Å². The summed E-state index contributed by atoms with van der Waals surface area (Å²) in [6.45, 7) is 2.49.